The monoisotopic (exact) mass is 184 g/mol. The fourth-order valence-electron chi connectivity index (χ4n) is 0.527. The van der Waals surface area contributed by atoms with Crippen LogP contribution in [0.15, 0.2) is 0 Å². The number of hydrogen-bond acceptors (Lipinski definition) is 0. The lowest BCUT2D eigenvalue weighted by Crippen LogP contribution is -2.03. The lowest BCUT2D eigenvalue weighted by molar-refractivity contribution is 2.32. The summed E-state index contributed by atoms with van der Waals surface area (Å²) >= 11 is 0. The fourth-order valence-corrected chi connectivity index (χ4v) is 0.527. The van der Waals surface area contributed by atoms with Crippen LogP contribution in [0.5, 0.6) is 0 Å². The Morgan fingerprint density at radius 3 is 1.60 bits per heavy atom. The molecule has 1 heteroatoms. The molecule has 0 rings (SSSR count). The first-order chi connectivity index (χ1) is 7.35. The SMILES string of the molecule is C#CC#CB(C#CC#C[CH2])C#CC#C[CH2]. The molecule has 0 atom stereocenters. The van der Waals surface area contributed by atoms with E-state index in [1.807, 2.05) is 0 Å². The van der Waals surface area contributed by atoms with Crippen molar-refractivity contribution < 1.29 is 0 Å². The fraction of sp³-hybridized carbons (Fsp3) is 0. The van der Waals surface area contributed by atoms with E-state index in [4.69, 9.17) is 6.42 Å². The van der Waals surface area contributed by atoms with Gasteiger partial charge in [0.05, 0.1) is 0 Å². The minimum atomic E-state index is -0.442. The molecule has 0 aromatic heterocycles. The van der Waals surface area contributed by atoms with Gasteiger partial charge in [-0.25, -0.2) is 0 Å². The highest BCUT2D eigenvalue weighted by Gasteiger charge is 2.00. The van der Waals surface area contributed by atoms with Crippen LogP contribution in [0.4, 0.5) is 0 Å². The molecule has 15 heavy (non-hydrogen) atoms. The van der Waals surface area contributed by atoms with Crippen molar-refractivity contribution in [3.8, 4) is 71.2 Å². The molecule has 0 aromatic rings. The van der Waals surface area contributed by atoms with Crippen LogP contribution in [0.1, 0.15) is 0 Å². The van der Waals surface area contributed by atoms with Gasteiger partial charge in [0.25, 0.3) is 0 Å². The van der Waals surface area contributed by atoms with E-state index in [2.05, 4.69) is 78.7 Å². The van der Waals surface area contributed by atoms with Gasteiger partial charge in [-0.2, -0.15) is 0 Å². The highest BCUT2D eigenvalue weighted by atomic mass is 13.6. The largest absolute Gasteiger partial charge is 0.398 e. The predicted molar refractivity (Wildman–Crippen MR) is 64.2 cm³/mol. The maximum Gasteiger partial charge on any atom is 0.398 e. The van der Waals surface area contributed by atoms with E-state index >= 15 is 0 Å². The van der Waals surface area contributed by atoms with Crippen LogP contribution in [0.3, 0.4) is 0 Å². The van der Waals surface area contributed by atoms with Crippen LogP contribution >= 0.6 is 0 Å². The summed E-state index contributed by atoms with van der Waals surface area (Å²) in [4.78, 5) is 0. The molecule has 0 bridgehead atoms. The molecule has 0 aromatic carbocycles. The Kier molecular flexibility index (Phi) is 7.88. The van der Waals surface area contributed by atoms with Crippen LogP contribution in [-0.4, -0.2) is 6.71 Å². The van der Waals surface area contributed by atoms with Crippen molar-refractivity contribution in [3.63, 3.8) is 0 Å². The molecule has 0 aliphatic carbocycles. The van der Waals surface area contributed by atoms with Crippen LogP contribution in [0.2, 0.25) is 0 Å². The maximum atomic E-state index is 4.99. The predicted octanol–water partition coefficient (Wildman–Crippen LogP) is 0.417. The zero-order chi connectivity index (χ0) is 11.4. The lowest BCUT2D eigenvalue weighted by atomic mass is 9.52. The Morgan fingerprint density at radius 2 is 1.20 bits per heavy atom. The van der Waals surface area contributed by atoms with Crippen LogP contribution < -0.4 is 0 Å². The average molecular weight is 184 g/mol. The van der Waals surface area contributed by atoms with Gasteiger partial charge in [0, 0.05) is 13.8 Å². The Morgan fingerprint density at radius 1 is 0.733 bits per heavy atom. The molecule has 0 saturated heterocycles. The van der Waals surface area contributed by atoms with E-state index in [0.29, 0.717) is 0 Å². The van der Waals surface area contributed by atoms with E-state index in [1.54, 1.807) is 0 Å². The van der Waals surface area contributed by atoms with Gasteiger partial charge in [-0.3, -0.25) is 0 Å². The molecule has 0 spiro atoms. The van der Waals surface area contributed by atoms with Gasteiger partial charge < -0.3 is 0 Å². The second kappa shape index (κ2) is 9.51. The molecular formula is C14H5B. The first kappa shape index (κ1) is 12.4. The summed E-state index contributed by atoms with van der Waals surface area (Å²) in [6.45, 7) is 6.20. The third kappa shape index (κ3) is 7.78. The molecule has 64 valence electrons. The van der Waals surface area contributed by atoms with Gasteiger partial charge in [-0.1, -0.05) is 11.8 Å². The quantitative estimate of drug-likeness (QED) is 0.378. The smallest absolute Gasteiger partial charge is 0.106 e. The van der Waals surface area contributed by atoms with E-state index < -0.39 is 6.71 Å². The summed E-state index contributed by atoms with van der Waals surface area (Å²) in [6, 6.07) is 0. The Bertz CT molecular complexity index is 508. The highest BCUT2D eigenvalue weighted by Crippen LogP contribution is 1.74. The van der Waals surface area contributed by atoms with Gasteiger partial charge in [0.15, 0.2) is 0 Å². The third-order valence-electron chi connectivity index (χ3n) is 1.02. The molecule has 2 radical (unpaired) electrons. The van der Waals surface area contributed by atoms with E-state index in [9.17, 15) is 0 Å². The van der Waals surface area contributed by atoms with Crippen LogP contribution in [-0.2, 0) is 0 Å². The van der Waals surface area contributed by atoms with E-state index in [0.717, 1.165) is 0 Å². The second-order valence-electron chi connectivity index (χ2n) is 1.99. The first-order valence-corrected chi connectivity index (χ1v) is 3.86. The van der Waals surface area contributed by atoms with E-state index in [1.165, 1.54) is 0 Å². The lowest BCUT2D eigenvalue weighted by Gasteiger charge is -1.78. The van der Waals surface area contributed by atoms with Crippen molar-refractivity contribution in [1.82, 2.24) is 0 Å². The molecule has 0 N–H and O–H groups in total. The average Bonchev–Trinajstić information content (AvgIpc) is 2.25. The van der Waals surface area contributed by atoms with Gasteiger partial charge in [0.2, 0.25) is 0 Å². The summed E-state index contributed by atoms with van der Waals surface area (Å²) in [5.74, 6) is 27.6. The van der Waals surface area contributed by atoms with E-state index in [-0.39, 0.29) is 0 Å². The number of terminal acetylenes is 1. The summed E-state index contributed by atoms with van der Waals surface area (Å²) in [7, 11) is 0. The number of hydrogen-bond donors (Lipinski definition) is 0. The van der Waals surface area contributed by atoms with Gasteiger partial charge >= 0.3 is 6.71 Å². The van der Waals surface area contributed by atoms with Crippen LogP contribution in [0.25, 0.3) is 0 Å². The summed E-state index contributed by atoms with van der Waals surface area (Å²) < 4.78 is 0. The molecule has 0 fully saturated rings. The van der Waals surface area contributed by atoms with Gasteiger partial charge in [0.1, 0.15) is 0 Å². The van der Waals surface area contributed by atoms with Crippen molar-refractivity contribution >= 4 is 6.71 Å². The maximum absolute atomic E-state index is 4.99. The zero-order valence-corrected chi connectivity index (χ0v) is 8.07. The molecule has 0 unspecified atom stereocenters. The second-order valence-corrected chi connectivity index (χ2v) is 1.99. The zero-order valence-electron chi connectivity index (χ0n) is 8.07. The molecule has 0 nitrogen and oxygen atoms in total. The summed E-state index contributed by atoms with van der Waals surface area (Å²) in [5.41, 5.74) is 0. The topological polar surface area (TPSA) is 0 Å². The minimum Gasteiger partial charge on any atom is -0.106 e. The standard InChI is InChI=1S/C14H5B/c1-4-7-10-13-15(12-9-6-3)14-11-8-5-2/h3H,1-2H2. The molecule has 0 aliphatic rings. The first-order valence-electron chi connectivity index (χ1n) is 3.86. The highest BCUT2D eigenvalue weighted by molar-refractivity contribution is 6.82. The van der Waals surface area contributed by atoms with Crippen molar-refractivity contribution in [3.05, 3.63) is 13.8 Å². The third-order valence-corrected chi connectivity index (χ3v) is 1.02. The normalized spacial score (nSPS) is 4.60. The van der Waals surface area contributed by atoms with Crippen molar-refractivity contribution in [1.29, 1.82) is 0 Å². The molecular weight excluding hydrogens is 179 g/mol. The summed E-state index contributed by atoms with van der Waals surface area (Å²) in [5, 5.41) is 0. The number of rotatable bonds is 0. The van der Waals surface area contributed by atoms with Crippen molar-refractivity contribution in [2.45, 2.75) is 0 Å². The summed E-state index contributed by atoms with van der Waals surface area (Å²) in [6.07, 6.45) is 4.99. The minimum absolute atomic E-state index is 0.442. The molecule has 0 amide bonds. The molecule has 0 aliphatic heterocycles. The van der Waals surface area contributed by atoms with Gasteiger partial charge in [-0.15, -0.1) is 23.9 Å². The Hall–Kier alpha value is -2.58. The Balaban J connectivity index is 4.83. The molecule has 0 heterocycles. The van der Waals surface area contributed by atoms with Crippen molar-refractivity contribution in [2.24, 2.45) is 0 Å². The Labute approximate surface area is 92.3 Å². The van der Waals surface area contributed by atoms with Crippen molar-refractivity contribution in [2.75, 3.05) is 0 Å². The van der Waals surface area contributed by atoms with Crippen LogP contribution in [0, 0.1) is 85.1 Å². The molecule has 0 saturated carbocycles. The van der Waals surface area contributed by atoms with Gasteiger partial charge in [-0.05, 0) is 35.5 Å².